The molecule has 0 aliphatic heterocycles. The van der Waals surface area contributed by atoms with Crippen molar-refractivity contribution in [1.82, 2.24) is 5.06 Å². The molecular formula is C16H17N3O. The fraction of sp³-hybridized carbons (Fsp3) is 0.0625. The van der Waals surface area contributed by atoms with Crippen molar-refractivity contribution < 1.29 is 5.21 Å². The van der Waals surface area contributed by atoms with E-state index in [-0.39, 0.29) is 12.5 Å². The Kier molecular flexibility index (Phi) is 4.52. The highest BCUT2D eigenvalue weighted by Gasteiger charge is 2.18. The fourth-order valence-corrected chi connectivity index (χ4v) is 1.87. The Bertz CT molecular complexity index is 529. The molecule has 0 heterocycles. The van der Waals surface area contributed by atoms with E-state index in [2.05, 4.69) is 6.58 Å². The van der Waals surface area contributed by atoms with Crippen LogP contribution in [0.25, 0.3) is 0 Å². The van der Waals surface area contributed by atoms with Gasteiger partial charge in [-0.3, -0.25) is 15.5 Å². The Morgan fingerprint density at radius 2 is 1.45 bits per heavy atom. The monoisotopic (exact) mass is 267 g/mol. The lowest BCUT2D eigenvalue weighted by molar-refractivity contribution is -0.00515. The Labute approximate surface area is 118 Å². The number of hydrogen-bond acceptors (Lipinski definition) is 2. The van der Waals surface area contributed by atoms with Crippen molar-refractivity contribution in [2.45, 2.75) is 0 Å². The summed E-state index contributed by atoms with van der Waals surface area (Å²) < 4.78 is 0. The minimum absolute atomic E-state index is 0.0256. The van der Waals surface area contributed by atoms with Gasteiger partial charge in [0.05, 0.1) is 6.54 Å². The summed E-state index contributed by atoms with van der Waals surface area (Å²) in [6, 6.07) is 19.0. The molecule has 0 fully saturated rings. The molecule has 0 radical (unpaired) electrons. The van der Waals surface area contributed by atoms with Crippen LogP contribution in [-0.4, -0.2) is 22.8 Å². The van der Waals surface area contributed by atoms with Gasteiger partial charge < -0.3 is 0 Å². The van der Waals surface area contributed by atoms with Gasteiger partial charge in [0.15, 0.2) is 0 Å². The van der Waals surface area contributed by atoms with Crippen molar-refractivity contribution in [3.05, 3.63) is 73.3 Å². The molecule has 20 heavy (non-hydrogen) atoms. The second-order valence-corrected chi connectivity index (χ2v) is 4.20. The third kappa shape index (κ3) is 3.05. The lowest BCUT2D eigenvalue weighted by Gasteiger charge is -2.29. The lowest BCUT2D eigenvalue weighted by Crippen LogP contribution is -2.39. The van der Waals surface area contributed by atoms with E-state index in [1.165, 1.54) is 0 Å². The van der Waals surface area contributed by atoms with E-state index >= 15 is 0 Å². The van der Waals surface area contributed by atoms with Crippen molar-refractivity contribution in [3.63, 3.8) is 0 Å². The van der Waals surface area contributed by atoms with Gasteiger partial charge in [-0.15, -0.1) is 6.58 Å². The molecule has 0 unspecified atom stereocenters. The van der Waals surface area contributed by atoms with Crippen molar-refractivity contribution in [3.8, 4) is 0 Å². The van der Waals surface area contributed by atoms with Crippen LogP contribution < -0.4 is 4.90 Å². The lowest BCUT2D eigenvalue weighted by atomic mass is 10.2. The van der Waals surface area contributed by atoms with E-state index in [9.17, 15) is 5.21 Å². The first-order valence-corrected chi connectivity index (χ1v) is 6.30. The number of para-hydroxylation sites is 2. The first kappa shape index (κ1) is 13.8. The van der Waals surface area contributed by atoms with Crippen LogP contribution in [0.3, 0.4) is 0 Å². The van der Waals surface area contributed by atoms with Gasteiger partial charge in [0.1, 0.15) is 0 Å². The summed E-state index contributed by atoms with van der Waals surface area (Å²) in [5.74, 6) is -0.0256. The number of hydroxylamine groups is 2. The fourth-order valence-electron chi connectivity index (χ4n) is 1.87. The number of guanidine groups is 1. The van der Waals surface area contributed by atoms with Gasteiger partial charge in [-0.1, -0.05) is 42.5 Å². The minimum Gasteiger partial charge on any atom is -0.285 e. The number of nitrogens with one attached hydrogen (secondary N) is 1. The third-order valence-electron chi connectivity index (χ3n) is 2.79. The van der Waals surface area contributed by atoms with Crippen LogP contribution in [0.4, 0.5) is 11.4 Å². The Morgan fingerprint density at radius 1 is 1.00 bits per heavy atom. The zero-order chi connectivity index (χ0) is 14.4. The van der Waals surface area contributed by atoms with E-state index in [1.54, 1.807) is 11.0 Å². The summed E-state index contributed by atoms with van der Waals surface area (Å²) in [6.45, 7) is 3.76. The highest BCUT2D eigenvalue weighted by atomic mass is 16.5. The number of anilines is 2. The number of hydrogen-bond donors (Lipinski definition) is 2. The van der Waals surface area contributed by atoms with E-state index in [0.717, 1.165) is 16.4 Å². The van der Waals surface area contributed by atoms with E-state index in [1.807, 2.05) is 60.7 Å². The van der Waals surface area contributed by atoms with E-state index in [0.29, 0.717) is 0 Å². The Morgan fingerprint density at radius 3 is 1.85 bits per heavy atom. The van der Waals surface area contributed by atoms with Crippen LogP contribution in [-0.2, 0) is 0 Å². The summed E-state index contributed by atoms with van der Waals surface area (Å²) in [7, 11) is 0. The van der Waals surface area contributed by atoms with E-state index in [4.69, 9.17) is 5.41 Å². The molecule has 2 rings (SSSR count). The van der Waals surface area contributed by atoms with Gasteiger partial charge in [0, 0.05) is 11.4 Å². The molecule has 2 aromatic carbocycles. The molecule has 0 saturated carbocycles. The highest BCUT2D eigenvalue weighted by Crippen LogP contribution is 2.25. The van der Waals surface area contributed by atoms with Crippen LogP contribution in [0.2, 0.25) is 0 Å². The average molecular weight is 267 g/mol. The SMILES string of the molecule is C=CCN(O)C(=N)N(c1ccccc1)c1ccccc1. The normalized spacial score (nSPS) is 9.85. The largest absolute Gasteiger partial charge is 0.285 e. The number of benzene rings is 2. The Balaban J connectivity index is 2.40. The molecule has 4 nitrogen and oxygen atoms in total. The Hall–Kier alpha value is -2.59. The third-order valence-corrected chi connectivity index (χ3v) is 2.79. The predicted octanol–water partition coefficient (Wildman–Crippen LogP) is 3.64. The molecule has 4 heteroatoms. The number of nitrogens with zero attached hydrogens (tertiary/aromatic N) is 2. The minimum atomic E-state index is -0.0256. The standard InChI is InChI=1S/C16H17N3O/c1-2-13-18(20)16(17)19(14-9-5-3-6-10-14)15-11-7-4-8-12-15/h2-12,17,20H,1,13H2. The van der Waals surface area contributed by atoms with Crippen LogP contribution in [0.5, 0.6) is 0 Å². The van der Waals surface area contributed by atoms with Gasteiger partial charge in [0.25, 0.3) is 0 Å². The second kappa shape index (κ2) is 6.54. The molecule has 2 aromatic rings. The zero-order valence-electron chi connectivity index (χ0n) is 11.1. The molecule has 2 N–H and O–H groups in total. The maximum absolute atomic E-state index is 9.91. The maximum Gasteiger partial charge on any atom is 0.227 e. The summed E-state index contributed by atoms with van der Waals surface area (Å²) in [4.78, 5) is 1.67. The van der Waals surface area contributed by atoms with Crippen LogP contribution >= 0.6 is 0 Å². The summed E-state index contributed by atoms with van der Waals surface area (Å²) in [5, 5.41) is 18.9. The molecule has 0 aliphatic carbocycles. The van der Waals surface area contributed by atoms with Gasteiger partial charge in [0.2, 0.25) is 5.96 Å². The van der Waals surface area contributed by atoms with Crippen molar-refractivity contribution >= 4 is 17.3 Å². The van der Waals surface area contributed by atoms with Crippen molar-refractivity contribution in [1.29, 1.82) is 5.41 Å². The summed E-state index contributed by atoms with van der Waals surface area (Å²) in [6.07, 6.45) is 1.54. The smallest absolute Gasteiger partial charge is 0.227 e. The average Bonchev–Trinajstić information content (AvgIpc) is 2.50. The quantitative estimate of drug-likeness (QED) is 0.385. The number of rotatable bonds is 4. The molecule has 0 aromatic heterocycles. The topological polar surface area (TPSA) is 50.6 Å². The van der Waals surface area contributed by atoms with Gasteiger partial charge in [-0.25, -0.2) is 5.06 Å². The summed E-state index contributed by atoms with van der Waals surface area (Å²) in [5.41, 5.74) is 1.62. The van der Waals surface area contributed by atoms with Crippen LogP contribution in [0.1, 0.15) is 0 Å². The van der Waals surface area contributed by atoms with Gasteiger partial charge >= 0.3 is 0 Å². The molecule has 0 bridgehead atoms. The molecule has 0 spiro atoms. The maximum atomic E-state index is 9.91. The second-order valence-electron chi connectivity index (χ2n) is 4.20. The first-order valence-electron chi connectivity index (χ1n) is 6.30. The molecule has 0 amide bonds. The van der Waals surface area contributed by atoms with Crippen LogP contribution in [0, 0.1) is 5.41 Å². The highest BCUT2D eigenvalue weighted by molar-refractivity contribution is 6.00. The molecule has 0 saturated heterocycles. The van der Waals surface area contributed by atoms with Gasteiger partial charge in [-0.2, -0.15) is 0 Å². The van der Waals surface area contributed by atoms with Crippen molar-refractivity contribution in [2.24, 2.45) is 0 Å². The molecular weight excluding hydrogens is 250 g/mol. The summed E-state index contributed by atoms with van der Waals surface area (Å²) >= 11 is 0. The first-order chi connectivity index (χ1) is 9.74. The molecule has 102 valence electrons. The molecule has 0 aliphatic rings. The van der Waals surface area contributed by atoms with E-state index < -0.39 is 0 Å². The molecule has 0 atom stereocenters. The van der Waals surface area contributed by atoms with Crippen molar-refractivity contribution in [2.75, 3.05) is 11.4 Å². The predicted molar refractivity (Wildman–Crippen MR) is 81.4 cm³/mol. The zero-order valence-corrected chi connectivity index (χ0v) is 11.1. The van der Waals surface area contributed by atoms with Crippen LogP contribution in [0.15, 0.2) is 73.3 Å². The van der Waals surface area contributed by atoms with Gasteiger partial charge in [-0.05, 0) is 24.3 Å².